The van der Waals surface area contributed by atoms with E-state index in [1.54, 1.807) is 12.1 Å². The predicted molar refractivity (Wildman–Crippen MR) is 100 cm³/mol. The molecule has 1 aliphatic rings. The van der Waals surface area contributed by atoms with E-state index < -0.39 is 11.6 Å². The molecule has 6 nitrogen and oxygen atoms in total. The minimum absolute atomic E-state index is 0.141. The number of aromatic carboxylic acids is 1. The van der Waals surface area contributed by atoms with Crippen LogP contribution in [0.3, 0.4) is 0 Å². The zero-order chi connectivity index (χ0) is 19.3. The molecule has 1 atom stereocenters. The van der Waals surface area contributed by atoms with Crippen LogP contribution in [0, 0.1) is 0 Å². The Bertz CT molecular complexity index is 622. The van der Waals surface area contributed by atoms with Crippen molar-refractivity contribution in [1.82, 2.24) is 9.80 Å². The summed E-state index contributed by atoms with van der Waals surface area (Å²) < 4.78 is 5.56. The highest BCUT2D eigenvalue weighted by Gasteiger charge is 2.32. The molecule has 1 aliphatic heterocycles. The van der Waals surface area contributed by atoms with Gasteiger partial charge in [0.15, 0.2) is 0 Å². The van der Waals surface area contributed by atoms with Crippen LogP contribution in [0.4, 0.5) is 4.79 Å². The molecule has 1 N–H and O–H groups in total. The van der Waals surface area contributed by atoms with E-state index in [1.165, 1.54) is 0 Å². The number of amides is 1. The number of carbonyl (C=O) groups is 2. The summed E-state index contributed by atoms with van der Waals surface area (Å²) in [5.74, 6) is -0.912. The Morgan fingerprint density at radius 3 is 2.38 bits per heavy atom. The van der Waals surface area contributed by atoms with E-state index in [0.717, 1.165) is 38.0 Å². The minimum atomic E-state index is -0.912. The van der Waals surface area contributed by atoms with Crippen LogP contribution >= 0.6 is 0 Å². The highest BCUT2D eigenvalue weighted by molar-refractivity contribution is 5.87. The summed E-state index contributed by atoms with van der Waals surface area (Å²) in [6.07, 6.45) is 1.71. The fourth-order valence-corrected chi connectivity index (χ4v) is 3.22. The number of carboxylic acid groups (broad SMARTS) is 1. The van der Waals surface area contributed by atoms with Crippen molar-refractivity contribution in [2.24, 2.45) is 0 Å². The number of carboxylic acids is 1. The molecule has 26 heavy (non-hydrogen) atoms. The fraction of sp³-hybridized carbons (Fsp3) is 0.600. The Hall–Kier alpha value is -2.08. The Labute approximate surface area is 155 Å². The van der Waals surface area contributed by atoms with Crippen LogP contribution in [-0.2, 0) is 11.3 Å². The van der Waals surface area contributed by atoms with Gasteiger partial charge in [0, 0.05) is 32.2 Å². The lowest BCUT2D eigenvalue weighted by atomic mass is 10.1. The van der Waals surface area contributed by atoms with E-state index in [9.17, 15) is 9.59 Å². The highest BCUT2D eigenvalue weighted by atomic mass is 16.6. The number of hydrogen-bond donors (Lipinski definition) is 1. The van der Waals surface area contributed by atoms with Gasteiger partial charge in [-0.25, -0.2) is 9.59 Å². The standard InChI is InChI=1S/C20H30N2O4/c1-5-6-17-14-21(11-12-22(17)19(25)26-20(2,3)4)13-15-7-9-16(10-8-15)18(23)24/h7-10,17H,5-6,11-14H2,1-4H3,(H,23,24). The van der Waals surface area contributed by atoms with Crippen LogP contribution in [0.1, 0.15) is 56.5 Å². The summed E-state index contributed by atoms with van der Waals surface area (Å²) in [5.41, 5.74) is 0.889. The van der Waals surface area contributed by atoms with Gasteiger partial charge in [0.1, 0.15) is 5.60 Å². The second-order valence-electron chi connectivity index (χ2n) is 7.85. The molecule has 0 aromatic heterocycles. The SMILES string of the molecule is CCCC1CN(Cc2ccc(C(=O)O)cc2)CCN1C(=O)OC(C)(C)C. The van der Waals surface area contributed by atoms with Crippen molar-refractivity contribution in [3.8, 4) is 0 Å². The topological polar surface area (TPSA) is 70.1 Å². The first-order chi connectivity index (χ1) is 12.2. The normalized spacial score (nSPS) is 18.6. The molecule has 1 aromatic rings. The third-order valence-electron chi connectivity index (χ3n) is 4.42. The predicted octanol–water partition coefficient (Wildman–Crippen LogP) is 3.61. The Morgan fingerprint density at radius 2 is 1.85 bits per heavy atom. The minimum Gasteiger partial charge on any atom is -0.478 e. The summed E-state index contributed by atoms with van der Waals surface area (Å²) in [6.45, 7) is 10.8. The summed E-state index contributed by atoms with van der Waals surface area (Å²) in [6, 6.07) is 7.13. The highest BCUT2D eigenvalue weighted by Crippen LogP contribution is 2.20. The van der Waals surface area contributed by atoms with Gasteiger partial charge in [-0.15, -0.1) is 0 Å². The van der Waals surface area contributed by atoms with Gasteiger partial charge >= 0.3 is 12.1 Å². The first kappa shape index (κ1) is 20.2. The summed E-state index contributed by atoms with van der Waals surface area (Å²) in [5, 5.41) is 8.99. The fourth-order valence-electron chi connectivity index (χ4n) is 3.22. The van der Waals surface area contributed by atoms with E-state index in [2.05, 4.69) is 11.8 Å². The van der Waals surface area contributed by atoms with Crippen molar-refractivity contribution in [2.75, 3.05) is 19.6 Å². The zero-order valence-corrected chi connectivity index (χ0v) is 16.2. The molecule has 1 saturated heterocycles. The van der Waals surface area contributed by atoms with E-state index >= 15 is 0 Å². The number of carbonyl (C=O) groups excluding carboxylic acids is 1. The van der Waals surface area contributed by atoms with E-state index in [-0.39, 0.29) is 12.1 Å². The molecule has 0 saturated carbocycles. The first-order valence-electron chi connectivity index (χ1n) is 9.24. The van der Waals surface area contributed by atoms with Crippen LogP contribution in [0.25, 0.3) is 0 Å². The molecule has 1 heterocycles. The molecule has 0 aliphatic carbocycles. The zero-order valence-electron chi connectivity index (χ0n) is 16.2. The molecule has 0 spiro atoms. The maximum Gasteiger partial charge on any atom is 0.410 e. The number of ether oxygens (including phenoxy) is 1. The molecule has 2 rings (SSSR count). The van der Waals surface area contributed by atoms with E-state index in [1.807, 2.05) is 37.8 Å². The maximum absolute atomic E-state index is 12.5. The quantitative estimate of drug-likeness (QED) is 0.866. The van der Waals surface area contributed by atoms with Gasteiger partial charge in [-0.3, -0.25) is 4.90 Å². The summed E-state index contributed by atoms with van der Waals surface area (Å²) in [4.78, 5) is 27.6. The monoisotopic (exact) mass is 362 g/mol. The number of nitrogens with zero attached hydrogens (tertiary/aromatic N) is 2. The largest absolute Gasteiger partial charge is 0.478 e. The van der Waals surface area contributed by atoms with Crippen LogP contribution in [0.5, 0.6) is 0 Å². The van der Waals surface area contributed by atoms with Crippen molar-refractivity contribution in [1.29, 1.82) is 0 Å². The van der Waals surface area contributed by atoms with Gasteiger partial charge in [0.05, 0.1) is 5.56 Å². The van der Waals surface area contributed by atoms with Gasteiger partial charge in [-0.1, -0.05) is 25.5 Å². The second-order valence-corrected chi connectivity index (χ2v) is 7.85. The van der Waals surface area contributed by atoms with E-state index in [0.29, 0.717) is 12.1 Å². The van der Waals surface area contributed by atoms with Crippen molar-refractivity contribution in [3.05, 3.63) is 35.4 Å². The first-order valence-corrected chi connectivity index (χ1v) is 9.24. The smallest absolute Gasteiger partial charge is 0.410 e. The molecule has 0 bridgehead atoms. The Kier molecular flexibility index (Phi) is 6.64. The third-order valence-corrected chi connectivity index (χ3v) is 4.42. The molecule has 0 radical (unpaired) electrons. The van der Waals surface area contributed by atoms with Crippen LogP contribution in [0.15, 0.2) is 24.3 Å². The van der Waals surface area contributed by atoms with Crippen LogP contribution < -0.4 is 0 Å². The molecule has 144 valence electrons. The van der Waals surface area contributed by atoms with Gasteiger partial charge in [0.2, 0.25) is 0 Å². The second kappa shape index (κ2) is 8.54. The third kappa shape index (κ3) is 5.73. The van der Waals surface area contributed by atoms with Gasteiger partial charge < -0.3 is 14.7 Å². The number of hydrogen-bond acceptors (Lipinski definition) is 4. The molecule has 1 aromatic carbocycles. The number of benzene rings is 1. The van der Waals surface area contributed by atoms with Crippen molar-refractivity contribution in [3.63, 3.8) is 0 Å². The number of rotatable bonds is 5. The average Bonchev–Trinajstić information content (AvgIpc) is 2.54. The summed E-state index contributed by atoms with van der Waals surface area (Å²) >= 11 is 0. The molecular formula is C20H30N2O4. The molecule has 6 heteroatoms. The number of piperazine rings is 1. The molecule has 1 fully saturated rings. The lowest BCUT2D eigenvalue weighted by Gasteiger charge is -2.41. The van der Waals surface area contributed by atoms with E-state index in [4.69, 9.17) is 9.84 Å². The average molecular weight is 362 g/mol. The lowest BCUT2D eigenvalue weighted by molar-refractivity contribution is -0.00387. The van der Waals surface area contributed by atoms with Crippen LogP contribution in [0.2, 0.25) is 0 Å². The van der Waals surface area contributed by atoms with Gasteiger partial charge in [-0.05, 0) is 44.9 Å². The lowest BCUT2D eigenvalue weighted by Crippen LogP contribution is -2.55. The van der Waals surface area contributed by atoms with Gasteiger partial charge in [-0.2, -0.15) is 0 Å². The van der Waals surface area contributed by atoms with Gasteiger partial charge in [0.25, 0.3) is 0 Å². The molecule has 1 amide bonds. The van der Waals surface area contributed by atoms with Crippen molar-refractivity contribution >= 4 is 12.1 Å². The maximum atomic E-state index is 12.5. The van der Waals surface area contributed by atoms with Crippen molar-refractivity contribution in [2.45, 2.75) is 58.7 Å². The molecule has 1 unspecified atom stereocenters. The Balaban J connectivity index is 1.99. The van der Waals surface area contributed by atoms with Crippen molar-refractivity contribution < 1.29 is 19.4 Å². The van der Waals surface area contributed by atoms with Crippen LogP contribution in [-0.4, -0.2) is 58.2 Å². The Morgan fingerprint density at radius 1 is 1.19 bits per heavy atom. The summed E-state index contributed by atoms with van der Waals surface area (Å²) in [7, 11) is 0. The molecular weight excluding hydrogens is 332 g/mol.